The van der Waals surface area contributed by atoms with Crippen molar-refractivity contribution in [2.75, 3.05) is 50.0 Å². The molecule has 2 aromatic heterocycles. The number of β-amino-alcohol motifs (C(OH)–C–C–N with tert-alkyl or cyclic N) is 1. The minimum absolute atomic E-state index is 0.158. The Morgan fingerprint density at radius 1 is 1.11 bits per heavy atom. The maximum absolute atomic E-state index is 9.62. The molecule has 35 heavy (non-hydrogen) atoms. The Bertz CT molecular complexity index is 1310. The van der Waals surface area contributed by atoms with Gasteiger partial charge >= 0.3 is 0 Å². The highest BCUT2D eigenvalue weighted by atomic mass is 35.5. The van der Waals surface area contributed by atoms with Crippen molar-refractivity contribution in [1.82, 2.24) is 29.4 Å². The van der Waals surface area contributed by atoms with Crippen LogP contribution in [0.5, 0.6) is 0 Å². The summed E-state index contributed by atoms with van der Waals surface area (Å²) in [5.74, 6) is 0.788. The van der Waals surface area contributed by atoms with Crippen molar-refractivity contribution in [2.24, 2.45) is 0 Å². The molecule has 0 bridgehead atoms. The van der Waals surface area contributed by atoms with Crippen molar-refractivity contribution in [1.29, 1.82) is 10.5 Å². The number of piperazine rings is 1. The molecule has 180 valence electrons. The first-order chi connectivity index (χ1) is 17.1. The van der Waals surface area contributed by atoms with E-state index in [-0.39, 0.29) is 12.6 Å². The minimum Gasteiger partial charge on any atom is -0.395 e. The number of hydrogen-bond acceptors (Lipinski definition) is 10. The molecule has 3 aromatic rings. The van der Waals surface area contributed by atoms with E-state index in [2.05, 4.69) is 47.6 Å². The number of aromatic nitrogens is 4. The second kappa shape index (κ2) is 10.0. The van der Waals surface area contributed by atoms with Gasteiger partial charge in [0.1, 0.15) is 6.07 Å². The summed E-state index contributed by atoms with van der Waals surface area (Å²) in [5.41, 5.74) is 2.61. The first-order valence-corrected chi connectivity index (χ1v) is 11.9. The number of nitrogens with one attached hydrogen (secondary N) is 2. The smallest absolute Gasteiger partial charge is 0.247 e. The number of imidazole rings is 1. The van der Waals surface area contributed by atoms with Crippen molar-refractivity contribution < 1.29 is 5.11 Å². The summed E-state index contributed by atoms with van der Waals surface area (Å²) in [6.07, 6.45) is 3.57. The molecule has 11 nitrogen and oxygen atoms in total. The van der Waals surface area contributed by atoms with Crippen LogP contribution in [0.2, 0.25) is 5.02 Å². The molecule has 5 rings (SSSR count). The van der Waals surface area contributed by atoms with Crippen molar-refractivity contribution >= 4 is 34.7 Å². The van der Waals surface area contributed by atoms with Crippen LogP contribution in [-0.2, 0) is 6.54 Å². The van der Waals surface area contributed by atoms with Crippen LogP contribution in [0.25, 0.3) is 5.65 Å². The van der Waals surface area contributed by atoms with E-state index in [0.717, 1.165) is 44.6 Å². The normalized spacial score (nSPS) is 16.7. The molecule has 3 N–H and O–H groups in total. The predicted octanol–water partition coefficient (Wildman–Crippen LogP) is 1.95. The number of nitrogens with zero attached hydrogens (tertiary/aromatic N) is 8. The van der Waals surface area contributed by atoms with Crippen LogP contribution in [0.1, 0.15) is 29.7 Å². The standard InChI is InChI=1S/C23H25ClN10O/c24-20-16(14-33-5-3-32(4-6-33)7-8-35)9-15(11-25)10-19(20)29-23-30-21(28-17-1-2-17)22-27-13-18(12-26)34(22)31-23/h9-10,13,17,35H,1-8,14H2,(H2,28,29,30,31). The number of aliphatic hydroxyl groups excluding tert-OH is 1. The molecule has 12 heteroatoms. The van der Waals surface area contributed by atoms with Crippen LogP contribution >= 0.6 is 11.6 Å². The third-order valence-electron chi connectivity index (χ3n) is 6.19. The fourth-order valence-electron chi connectivity index (χ4n) is 4.16. The van der Waals surface area contributed by atoms with E-state index in [0.29, 0.717) is 52.6 Å². The average molecular weight is 493 g/mol. The zero-order valence-corrected chi connectivity index (χ0v) is 19.8. The number of benzene rings is 1. The van der Waals surface area contributed by atoms with Crippen LogP contribution in [0.15, 0.2) is 18.3 Å². The van der Waals surface area contributed by atoms with Gasteiger partial charge in [0.15, 0.2) is 17.2 Å². The Balaban J connectivity index is 1.42. The van der Waals surface area contributed by atoms with Crippen LogP contribution in [0.3, 0.4) is 0 Å². The van der Waals surface area contributed by atoms with Crippen LogP contribution in [0.4, 0.5) is 17.5 Å². The van der Waals surface area contributed by atoms with Gasteiger partial charge in [-0.15, -0.1) is 5.10 Å². The van der Waals surface area contributed by atoms with Crippen molar-refractivity contribution in [3.63, 3.8) is 0 Å². The summed E-state index contributed by atoms with van der Waals surface area (Å²) < 4.78 is 1.45. The van der Waals surface area contributed by atoms with Crippen molar-refractivity contribution in [3.8, 4) is 12.1 Å². The van der Waals surface area contributed by atoms with Gasteiger partial charge < -0.3 is 15.7 Å². The molecule has 0 spiro atoms. The van der Waals surface area contributed by atoms with Crippen LogP contribution in [0, 0.1) is 22.7 Å². The highest BCUT2D eigenvalue weighted by Gasteiger charge is 2.25. The molecule has 0 atom stereocenters. The summed E-state index contributed by atoms with van der Waals surface area (Å²) >= 11 is 6.79. The molecule has 0 radical (unpaired) electrons. The lowest BCUT2D eigenvalue weighted by Gasteiger charge is -2.34. The van der Waals surface area contributed by atoms with E-state index < -0.39 is 0 Å². The van der Waals surface area contributed by atoms with E-state index in [9.17, 15) is 10.5 Å². The first kappa shape index (κ1) is 23.3. The van der Waals surface area contributed by atoms with Gasteiger partial charge in [-0.3, -0.25) is 9.80 Å². The third kappa shape index (κ3) is 5.14. The Kier molecular flexibility index (Phi) is 6.66. The van der Waals surface area contributed by atoms with E-state index in [1.54, 1.807) is 12.1 Å². The maximum atomic E-state index is 9.62. The monoisotopic (exact) mass is 492 g/mol. The van der Waals surface area contributed by atoms with Gasteiger partial charge in [-0.25, -0.2) is 4.98 Å². The lowest BCUT2D eigenvalue weighted by Crippen LogP contribution is -2.46. The number of aliphatic hydroxyl groups is 1. The molecule has 2 fully saturated rings. The highest BCUT2D eigenvalue weighted by Crippen LogP contribution is 2.32. The second-order valence-electron chi connectivity index (χ2n) is 8.77. The quantitative estimate of drug-likeness (QED) is 0.427. The topological polar surface area (TPSA) is 141 Å². The number of nitriles is 2. The van der Waals surface area contributed by atoms with Gasteiger partial charge in [-0.2, -0.15) is 20.0 Å². The highest BCUT2D eigenvalue weighted by molar-refractivity contribution is 6.34. The SMILES string of the molecule is N#Cc1cc(CN2CCN(CCO)CC2)c(Cl)c(Nc2nc(NC3CC3)c3ncc(C#N)n3n2)c1. The van der Waals surface area contributed by atoms with Gasteiger partial charge in [0.05, 0.1) is 35.1 Å². The molecule has 0 unspecified atom stereocenters. The van der Waals surface area contributed by atoms with E-state index in [1.807, 2.05) is 0 Å². The summed E-state index contributed by atoms with van der Waals surface area (Å²) in [7, 11) is 0. The Morgan fingerprint density at radius 2 is 1.89 bits per heavy atom. The number of rotatable bonds is 8. The molecule has 0 amide bonds. The van der Waals surface area contributed by atoms with Crippen LogP contribution in [-0.4, -0.2) is 79.9 Å². The number of fused-ring (bicyclic) bond motifs is 1. The lowest BCUT2D eigenvalue weighted by molar-refractivity contribution is 0.108. The average Bonchev–Trinajstić information content (AvgIpc) is 3.58. The van der Waals surface area contributed by atoms with Gasteiger partial charge in [-0.05, 0) is 30.5 Å². The zero-order chi connectivity index (χ0) is 24.4. The minimum atomic E-state index is 0.158. The van der Waals surface area contributed by atoms with Gasteiger partial charge in [0, 0.05) is 45.3 Å². The predicted molar refractivity (Wildman–Crippen MR) is 130 cm³/mol. The Hall–Kier alpha value is -3.48. The van der Waals surface area contributed by atoms with E-state index in [4.69, 9.17) is 16.7 Å². The number of anilines is 3. The summed E-state index contributed by atoms with van der Waals surface area (Å²) in [4.78, 5) is 13.4. The molecular formula is C23H25ClN10O. The maximum Gasteiger partial charge on any atom is 0.247 e. The molecule has 1 aliphatic carbocycles. The fraction of sp³-hybridized carbons (Fsp3) is 0.435. The first-order valence-electron chi connectivity index (χ1n) is 11.6. The van der Waals surface area contributed by atoms with Crippen molar-refractivity contribution in [3.05, 3.63) is 40.2 Å². The third-order valence-corrected chi connectivity index (χ3v) is 6.64. The van der Waals surface area contributed by atoms with Gasteiger partial charge in [0.25, 0.3) is 0 Å². The second-order valence-corrected chi connectivity index (χ2v) is 9.15. The van der Waals surface area contributed by atoms with Crippen molar-refractivity contribution in [2.45, 2.75) is 25.4 Å². The molecule has 3 heterocycles. The number of hydrogen-bond donors (Lipinski definition) is 3. The summed E-state index contributed by atoms with van der Waals surface area (Å²) in [6, 6.07) is 8.11. The van der Waals surface area contributed by atoms with E-state index >= 15 is 0 Å². The van der Waals surface area contributed by atoms with Crippen LogP contribution < -0.4 is 10.6 Å². The zero-order valence-electron chi connectivity index (χ0n) is 19.1. The molecule has 2 aliphatic rings. The Labute approximate surface area is 207 Å². The summed E-state index contributed by atoms with van der Waals surface area (Å²) in [6.45, 7) is 4.89. The lowest BCUT2D eigenvalue weighted by atomic mass is 10.1. The summed E-state index contributed by atoms with van der Waals surface area (Å²) in [5, 5.41) is 39.7. The molecule has 1 saturated carbocycles. The molecule has 1 aliphatic heterocycles. The molecule has 1 aromatic carbocycles. The Morgan fingerprint density at radius 3 is 2.57 bits per heavy atom. The van der Waals surface area contributed by atoms with Gasteiger partial charge in [0.2, 0.25) is 5.95 Å². The fourth-order valence-corrected chi connectivity index (χ4v) is 4.37. The van der Waals surface area contributed by atoms with Gasteiger partial charge in [-0.1, -0.05) is 11.6 Å². The molecule has 1 saturated heterocycles. The number of halogens is 1. The largest absolute Gasteiger partial charge is 0.395 e. The molecular weight excluding hydrogens is 468 g/mol. The van der Waals surface area contributed by atoms with E-state index in [1.165, 1.54) is 10.7 Å².